The maximum Gasteiger partial charge on any atom is 0.324 e. The molecule has 1 N–H and O–H groups in total. The summed E-state index contributed by atoms with van der Waals surface area (Å²) < 4.78 is 31.7. The molecular formula is C13H18N2O6S. The Hall–Kier alpha value is -2.00. The Bertz CT molecular complexity index is 656. The number of nitro groups is 1. The van der Waals surface area contributed by atoms with Crippen molar-refractivity contribution in [3.63, 3.8) is 0 Å². The molecule has 1 atom stereocenters. The first-order valence-electron chi connectivity index (χ1n) is 6.63. The topological polar surface area (TPSA) is 116 Å². The zero-order valence-electron chi connectivity index (χ0n) is 12.5. The molecule has 1 aromatic carbocycles. The third-order valence-corrected chi connectivity index (χ3v) is 4.33. The first-order valence-corrected chi connectivity index (χ1v) is 8.11. The molecule has 122 valence electrons. The van der Waals surface area contributed by atoms with E-state index in [0.717, 1.165) is 12.1 Å². The predicted octanol–water partition coefficient (Wildman–Crippen LogP) is 1.46. The van der Waals surface area contributed by atoms with Crippen molar-refractivity contribution in [2.45, 2.75) is 31.7 Å². The van der Waals surface area contributed by atoms with Crippen molar-refractivity contribution in [3.8, 4) is 0 Å². The van der Waals surface area contributed by atoms with E-state index in [1.165, 1.54) is 12.1 Å². The highest BCUT2D eigenvalue weighted by molar-refractivity contribution is 7.89. The fourth-order valence-electron chi connectivity index (χ4n) is 1.75. The molecule has 0 radical (unpaired) electrons. The minimum Gasteiger partial charge on any atom is -0.465 e. The van der Waals surface area contributed by atoms with E-state index in [-0.39, 0.29) is 12.5 Å². The fourth-order valence-corrected chi connectivity index (χ4v) is 3.26. The smallest absolute Gasteiger partial charge is 0.324 e. The second-order valence-corrected chi connectivity index (χ2v) is 6.50. The van der Waals surface area contributed by atoms with Crippen LogP contribution in [0.1, 0.15) is 20.8 Å². The van der Waals surface area contributed by atoms with Crippen LogP contribution in [0.25, 0.3) is 0 Å². The maximum absolute atomic E-state index is 12.4. The minimum atomic E-state index is -4.24. The summed E-state index contributed by atoms with van der Waals surface area (Å²) in [5.41, 5.74) is -0.554. The van der Waals surface area contributed by atoms with E-state index in [2.05, 4.69) is 4.72 Å². The van der Waals surface area contributed by atoms with E-state index in [0.29, 0.717) is 0 Å². The molecule has 0 aromatic heterocycles. The Morgan fingerprint density at radius 1 is 1.36 bits per heavy atom. The Morgan fingerprint density at radius 2 is 1.95 bits per heavy atom. The lowest BCUT2D eigenvalue weighted by Gasteiger charge is -2.20. The van der Waals surface area contributed by atoms with Crippen molar-refractivity contribution in [1.82, 2.24) is 4.72 Å². The van der Waals surface area contributed by atoms with Crippen molar-refractivity contribution in [3.05, 3.63) is 34.4 Å². The largest absolute Gasteiger partial charge is 0.465 e. The zero-order valence-corrected chi connectivity index (χ0v) is 13.3. The number of sulfonamides is 1. The molecule has 1 aromatic rings. The van der Waals surface area contributed by atoms with Gasteiger partial charge in [-0.25, -0.2) is 8.42 Å². The number of carbonyl (C=O) groups excluding carboxylic acids is 1. The lowest BCUT2D eigenvalue weighted by molar-refractivity contribution is -0.387. The van der Waals surface area contributed by atoms with Gasteiger partial charge in [-0.15, -0.1) is 0 Å². The second kappa shape index (κ2) is 7.32. The van der Waals surface area contributed by atoms with Crippen LogP contribution in [0, 0.1) is 16.0 Å². The number of ether oxygens (including phenoxy) is 1. The average molecular weight is 330 g/mol. The van der Waals surface area contributed by atoms with Crippen molar-refractivity contribution < 1.29 is 22.9 Å². The Morgan fingerprint density at radius 3 is 2.45 bits per heavy atom. The summed E-state index contributed by atoms with van der Waals surface area (Å²) in [4.78, 5) is 21.5. The van der Waals surface area contributed by atoms with Crippen LogP contribution >= 0.6 is 0 Å². The number of hydrogen-bond acceptors (Lipinski definition) is 6. The van der Waals surface area contributed by atoms with E-state index in [9.17, 15) is 23.3 Å². The van der Waals surface area contributed by atoms with Gasteiger partial charge in [0.15, 0.2) is 4.90 Å². The predicted molar refractivity (Wildman–Crippen MR) is 78.7 cm³/mol. The van der Waals surface area contributed by atoms with Gasteiger partial charge < -0.3 is 4.74 Å². The summed E-state index contributed by atoms with van der Waals surface area (Å²) in [7, 11) is -4.24. The zero-order chi connectivity index (χ0) is 16.9. The van der Waals surface area contributed by atoms with Crippen LogP contribution in [-0.4, -0.2) is 32.0 Å². The Labute approximate surface area is 128 Å². The normalized spacial score (nSPS) is 12.9. The van der Waals surface area contributed by atoms with Gasteiger partial charge in [0.1, 0.15) is 6.04 Å². The molecule has 0 saturated carbocycles. The first-order chi connectivity index (χ1) is 10.2. The molecule has 0 saturated heterocycles. The van der Waals surface area contributed by atoms with E-state index in [1.54, 1.807) is 20.8 Å². The van der Waals surface area contributed by atoms with Crippen molar-refractivity contribution in [2.24, 2.45) is 5.92 Å². The van der Waals surface area contributed by atoms with E-state index in [4.69, 9.17) is 4.74 Å². The Balaban J connectivity index is 3.19. The lowest BCUT2D eigenvalue weighted by atomic mass is 10.1. The average Bonchev–Trinajstić information content (AvgIpc) is 2.44. The quantitative estimate of drug-likeness (QED) is 0.460. The van der Waals surface area contributed by atoms with Crippen LogP contribution in [0.15, 0.2) is 29.2 Å². The molecule has 0 spiro atoms. The Kier molecular flexibility index (Phi) is 6.01. The highest BCUT2D eigenvalue weighted by atomic mass is 32.2. The number of rotatable bonds is 7. The van der Waals surface area contributed by atoms with Gasteiger partial charge in [-0.05, 0) is 18.9 Å². The molecule has 0 fully saturated rings. The number of nitro benzene ring substituents is 1. The summed E-state index contributed by atoms with van der Waals surface area (Å²) in [6, 6.07) is 3.81. The summed E-state index contributed by atoms with van der Waals surface area (Å²) in [6.07, 6.45) is 0. The minimum absolute atomic E-state index is 0.106. The van der Waals surface area contributed by atoms with Crippen molar-refractivity contribution >= 4 is 21.7 Å². The van der Waals surface area contributed by atoms with Gasteiger partial charge in [0, 0.05) is 6.07 Å². The number of nitrogens with zero attached hydrogens (tertiary/aromatic N) is 1. The van der Waals surface area contributed by atoms with Gasteiger partial charge in [0.25, 0.3) is 5.69 Å². The van der Waals surface area contributed by atoms with E-state index >= 15 is 0 Å². The molecule has 0 bridgehead atoms. The first kappa shape index (κ1) is 18.1. The van der Waals surface area contributed by atoms with Crippen molar-refractivity contribution in [2.75, 3.05) is 6.61 Å². The van der Waals surface area contributed by atoms with Crippen molar-refractivity contribution in [1.29, 1.82) is 0 Å². The number of nitrogens with one attached hydrogen (secondary N) is 1. The van der Waals surface area contributed by atoms with Crippen LogP contribution < -0.4 is 4.72 Å². The monoisotopic (exact) mass is 330 g/mol. The summed E-state index contributed by atoms with van der Waals surface area (Å²) in [5.74, 6) is -1.10. The van der Waals surface area contributed by atoms with Gasteiger partial charge >= 0.3 is 5.97 Å². The molecule has 1 rings (SSSR count). The standard InChI is InChI=1S/C13H18N2O6S/c1-4-21-13(16)12(9(2)3)14-22(19,20)11-8-6-5-7-10(11)15(17)18/h5-9,12,14H,4H2,1-3H3/t12-/m0/s1. The SMILES string of the molecule is CCOC(=O)[C@@H](NS(=O)(=O)c1ccccc1[N+](=O)[O-])C(C)C. The van der Waals surface area contributed by atoms with E-state index < -0.39 is 37.5 Å². The van der Waals surface area contributed by atoms with Gasteiger partial charge in [0.2, 0.25) is 10.0 Å². The summed E-state index contributed by atoms with van der Waals surface area (Å²) in [6.45, 7) is 4.99. The fraction of sp³-hybridized carbons (Fsp3) is 0.462. The lowest BCUT2D eigenvalue weighted by Crippen LogP contribution is -2.45. The third kappa shape index (κ3) is 4.25. The number of para-hydroxylation sites is 1. The van der Waals surface area contributed by atoms with Crippen LogP contribution in [0.3, 0.4) is 0 Å². The van der Waals surface area contributed by atoms with E-state index in [1.807, 2.05) is 0 Å². The molecule has 0 unspecified atom stereocenters. The maximum atomic E-state index is 12.4. The van der Waals surface area contributed by atoms with Crippen LogP contribution in [-0.2, 0) is 19.6 Å². The second-order valence-electron chi connectivity index (χ2n) is 4.82. The molecule has 22 heavy (non-hydrogen) atoms. The van der Waals surface area contributed by atoms with Crippen LogP contribution in [0.5, 0.6) is 0 Å². The molecule has 0 amide bonds. The molecule has 0 aliphatic rings. The number of esters is 1. The number of carbonyl (C=O) groups is 1. The number of benzene rings is 1. The van der Waals surface area contributed by atoms with Gasteiger partial charge in [0.05, 0.1) is 11.5 Å². The highest BCUT2D eigenvalue weighted by Crippen LogP contribution is 2.23. The molecule has 0 aliphatic carbocycles. The molecule has 9 heteroatoms. The highest BCUT2D eigenvalue weighted by Gasteiger charge is 2.32. The van der Waals surface area contributed by atoms with Crippen LogP contribution in [0.4, 0.5) is 5.69 Å². The molecule has 8 nitrogen and oxygen atoms in total. The third-order valence-electron chi connectivity index (χ3n) is 2.84. The van der Waals surface area contributed by atoms with Gasteiger partial charge in [-0.2, -0.15) is 4.72 Å². The van der Waals surface area contributed by atoms with Crippen LogP contribution in [0.2, 0.25) is 0 Å². The molecule has 0 aliphatic heterocycles. The van der Waals surface area contributed by atoms with Gasteiger partial charge in [-0.3, -0.25) is 14.9 Å². The van der Waals surface area contributed by atoms with Gasteiger partial charge in [-0.1, -0.05) is 26.0 Å². The number of hydrogen-bond donors (Lipinski definition) is 1. The summed E-state index contributed by atoms with van der Waals surface area (Å²) >= 11 is 0. The summed E-state index contributed by atoms with van der Waals surface area (Å²) in [5, 5.41) is 10.9. The molecular weight excluding hydrogens is 312 g/mol. The molecule has 0 heterocycles.